The Morgan fingerprint density at radius 2 is 2.11 bits per heavy atom. The van der Waals surface area contributed by atoms with Gasteiger partial charge in [-0.1, -0.05) is 18.2 Å². The third-order valence-electron chi connectivity index (χ3n) is 4.21. The molecule has 4 aromatic rings. The molecule has 0 radical (unpaired) electrons. The number of nitrogens with zero attached hydrogens (tertiary/aromatic N) is 4. The Kier molecular flexibility index (Phi) is 4.28. The minimum atomic E-state index is -3.19. The van der Waals surface area contributed by atoms with Crippen LogP contribution in [0.4, 0.5) is 5.82 Å². The van der Waals surface area contributed by atoms with Crippen molar-refractivity contribution in [2.45, 2.75) is 6.42 Å². The number of aromatic amines is 1. The molecule has 3 N–H and O–H groups in total. The van der Waals surface area contributed by atoms with Gasteiger partial charge in [-0.3, -0.25) is 0 Å². The second kappa shape index (κ2) is 6.63. The van der Waals surface area contributed by atoms with Crippen molar-refractivity contribution in [3.63, 3.8) is 0 Å². The Bertz CT molecular complexity index is 1230. The number of sulfonamides is 1. The molecule has 0 saturated carbocycles. The molecule has 0 bridgehead atoms. The quantitative estimate of drug-likeness (QED) is 0.462. The Balaban J connectivity index is 1.69. The van der Waals surface area contributed by atoms with Gasteiger partial charge in [0.15, 0.2) is 17.1 Å². The van der Waals surface area contributed by atoms with Crippen molar-refractivity contribution >= 4 is 32.7 Å². The number of benzene rings is 1. The van der Waals surface area contributed by atoms with Gasteiger partial charge < -0.3 is 10.3 Å². The van der Waals surface area contributed by atoms with E-state index >= 15 is 0 Å². The largest absolute Gasteiger partial charge is 0.371 e. The minimum Gasteiger partial charge on any atom is -0.371 e. The van der Waals surface area contributed by atoms with Crippen LogP contribution in [0.3, 0.4) is 0 Å². The molecule has 9 nitrogen and oxygen atoms in total. The summed E-state index contributed by atoms with van der Waals surface area (Å²) in [5.41, 5.74) is 4.92. The third-order valence-corrected chi connectivity index (χ3v) is 4.94. The fourth-order valence-corrected chi connectivity index (χ4v) is 3.46. The number of H-pyrrole nitrogens is 1. The zero-order valence-corrected chi connectivity index (χ0v) is 15.7. The van der Waals surface area contributed by atoms with Gasteiger partial charge in [-0.25, -0.2) is 23.1 Å². The van der Waals surface area contributed by atoms with Crippen LogP contribution >= 0.6 is 0 Å². The lowest BCUT2D eigenvalue weighted by atomic mass is 10.1. The van der Waals surface area contributed by atoms with Gasteiger partial charge in [0, 0.05) is 25.2 Å². The van der Waals surface area contributed by atoms with E-state index in [1.54, 1.807) is 10.8 Å². The van der Waals surface area contributed by atoms with E-state index in [1.165, 1.54) is 0 Å². The van der Waals surface area contributed by atoms with Crippen molar-refractivity contribution in [2.24, 2.45) is 0 Å². The third kappa shape index (κ3) is 3.49. The topological polar surface area (TPSA) is 117 Å². The molecule has 4 rings (SSSR count). The van der Waals surface area contributed by atoms with Gasteiger partial charge in [0.05, 0.1) is 18.3 Å². The number of nitrogens with one attached hydrogen (secondary N) is 3. The van der Waals surface area contributed by atoms with Gasteiger partial charge in [0.25, 0.3) is 0 Å². The first-order chi connectivity index (χ1) is 12.9. The van der Waals surface area contributed by atoms with Crippen LogP contribution in [0.2, 0.25) is 0 Å². The highest BCUT2D eigenvalue weighted by atomic mass is 32.2. The molecule has 10 heteroatoms. The van der Waals surface area contributed by atoms with E-state index < -0.39 is 10.0 Å². The lowest BCUT2D eigenvalue weighted by Gasteiger charge is -2.04. The number of hydrogen-bond donors (Lipinski definition) is 3. The second-order valence-corrected chi connectivity index (χ2v) is 8.06. The number of imidazole rings is 1. The van der Waals surface area contributed by atoms with Crippen molar-refractivity contribution in [3.05, 3.63) is 42.2 Å². The highest BCUT2D eigenvalue weighted by Crippen LogP contribution is 2.25. The predicted molar refractivity (Wildman–Crippen MR) is 104 cm³/mol. The highest BCUT2D eigenvalue weighted by molar-refractivity contribution is 7.88. The molecule has 27 heavy (non-hydrogen) atoms. The summed E-state index contributed by atoms with van der Waals surface area (Å²) in [6.07, 6.45) is 3.37. The standard InChI is InChI=1S/C17H19N7O2S/c1-18-16-15-17(20-10-19-15)24-14(22-16)9-13(23-24)12-5-3-4-11(8-12)6-7-21-27(2,25)26/h3-5,8-10,21H,6-7H2,1-2H3,(H,18,22)(H,19,20). The van der Waals surface area contributed by atoms with Crippen molar-refractivity contribution in [1.82, 2.24) is 29.3 Å². The van der Waals surface area contributed by atoms with Crippen LogP contribution in [0.1, 0.15) is 5.56 Å². The number of rotatable bonds is 6. The fourth-order valence-electron chi connectivity index (χ4n) is 2.99. The summed E-state index contributed by atoms with van der Waals surface area (Å²) in [7, 11) is -1.38. The molecule has 0 saturated heterocycles. The molecular weight excluding hydrogens is 366 g/mol. The lowest BCUT2D eigenvalue weighted by Crippen LogP contribution is -2.24. The maximum atomic E-state index is 11.2. The van der Waals surface area contributed by atoms with Crippen molar-refractivity contribution < 1.29 is 8.42 Å². The molecular formula is C17H19N7O2S. The molecule has 0 aliphatic heterocycles. The lowest BCUT2D eigenvalue weighted by molar-refractivity contribution is 0.588. The maximum Gasteiger partial charge on any atom is 0.208 e. The maximum absolute atomic E-state index is 11.2. The van der Waals surface area contributed by atoms with Gasteiger partial charge in [-0.15, -0.1) is 0 Å². The molecule has 0 spiro atoms. The van der Waals surface area contributed by atoms with Crippen LogP contribution in [0.15, 0.2) is 36.7 Å². The van der Waals surface area contributed by atoms with Gasteiger partial charge in [-0.2, -0.15) is 9.61 Å². The Hall–Kier alpha value is -2.98. The minimum absolute atomic E-state index is 0.356. The van der Waals surface area contributed by atoms with Gasteiger partial charge in [-0.05, 0) is 18.1 Å². The molecule has 140 valence electrons. The normalized spacial score (nSPS) is 12.1. The Morgan fingerprint density at radius 3 is 2.89 bits per heavy atom. The number of fused-ring (bicyclic) bond motifs is 3. The first-order valence-electron chi connectivity index (χ1n) is 8.39. The summed E-state index contributed by atoms with van der Waals surface area (Å²) in [4.78, 5) is 12.0. The predicted octanol–water partition coefficient (Wildman–Crippen LogP) is 1.41. The monoisotopic (exact) mass is 385 g/mol. The Labute approximate surface area is 155 Å². The smallest absolute Gasteiger partial charge is 0.208 e. The van der Waals surface area contributed by atoms with Crippen molar-refractivity contribution in [3.8, 4) is 11.3 Å². The van der Waals surface area contributed by atoms with E-state index in [2.05, 4.69) is 30.1 Å². The van der Waals surface area contributed by atoms with Gasteiger partial charge in [0.1, 0.15) is 5.52 Å². The average Bonchev–Trinajstić information content (AvgIpc) is 3.26. The number of anilines is 1. The summed E-state index contributed by atoms with van der Waals surface area (Å²) < 4.78 is 26.6. The van der Waals surface area contributed by atoms with Gasteiger partial charge >= 0.3 is 0 Å². The van der Waals surface area contributed by atoms with Crippen LogP contribution < -0.4 is 10.0 Å². The summed E-state index contributed by atoms with van der Waals surface area (Å²) >= 11 is 0. The zero-order chi connectivity index (χ0) is 19.0. The second-order valence-electron chi connectivity index (χ2n) is 6.23. The SMILES string of the molecule is CNc1nc2cc(-c3cccc(CCNS(C)(=O)=O)c3)nn2c2nc[nH]c12. The van der Waals surface area contributed by atoms with Crippen LogP contribution in [0, 0.1) is 0 Å². The molecule has 0 atom stereocenters. The van der Waals surface area contributed by atoms with E-state index in [0.717, 1.165) is 28.6 Å². The molecule has 0 aliphatic carbocycles. The van der Waals surface area contributed by atoms with Crippen molar-refractivity contribution in [1.29, 1.82) is 0 Å². The van der Waals surface area contributed by atoms with Crippen LogP contribution in [0.5, 0.6) is 0 Å². The first kappa shape index (κ1) is 17.4. The van der Waals surface area contributed by atoms with E-state index in [1.807, 2.05) is 37.4 Å². The van der Waals surface area contributed by atoms with E-state index in [9.17, 15) is 8.42 Å². The molecule has 1 aromatic carbocycles. The molecule has 0 aliphatic rings. The highest BCUT2D eigenvalue weighted by Gasteiger charge is 2.13. The molecule has 0 amide bonds. The van der Waals surface area contributed by atoms with E-state index in [0.29, 0.717) is 30.1 Å². The molecule has 0 fully saturated rings. The summed E-state index contributed by atoms with van der Waals surface area (Å²) in [5, 5.41) is 7.71. The molecule has 3 aromatic heterocycles. The summed E-state index contributed by atoms with van der Waals surface area (Å²) in [6.45, 7) is 0.356. The average molecular weight is 385 g/mol. The first-order valence-corrected chi connectivity index (χ1v) is 10.3. The van der Waals surface area contributed by atoms with E-state index in [4.69, 9.17) is 0 Å². The van der Waals surface area contributed by atoms with E-state index in [-0.39, 0.29) is 0 Å². The number of hydrogen-bond acceptors (Lipinski definition) is 6. The van der Waals surface area contributed by atoms with Gasteiger partial charge in [0.2, 0.25) is 10.0 Å². The zero-order valence-electron chi connectivity index (χ0n) is 14.9. The molecule has 3 heterocycles. The van der Waals surface area contributed by atoms with Crippen molar-refractivity contribution in [2.75, 3.05) is 25.2 Å². The summed E-state index contributed by atoms with van der Waals surface area (Å²) in [6, 6.07) is 9.78. The molecule has 0 unspecified atom stereocenters. The fraction of sp³-hybridized carbons (Fsp3) is 0.235. The van der Waals surface area contributed by atoms with Crippen LogP contribution in [0.25, 0.3) is 28.1 Å². The van der Waals surface area contributed by atoms with Crippen LogP contribution in [-0.2, 0) is 16.4 Å². The van der Waals surface area contributed by atoms with Crippen LogP contribution in [-0.4, -0.2) is 52.8 Å². The Morgan fingerprint density at radius 1 is 1.26 bits per heavy atom. The number of aromatic nitrogens is 5. The summed E-state index contributed by atoms with van der Waals surface area (Å²) in [5.74, 6) is 0.710.